The molecule has 4 nitrogen and oxygen atoms in total. The molecule has 2 aromatic rings. The summed E-state index contributed by atoms with van der Waals surface area (Å²) >= 11 is 0. The molecule has 3 rings (SSSR count). The highest BCUT2D eigenvalue weighted by molar-refractivity contribution is 5.76. The summed E-state index contributed by atoms with van der Waals surface area (Å²) in [5.74, 6) is 0.752. The third-order valence-corrected chi connectivity index (χ3v) is 5.04. The first-order valence-electron chi connectivity index (χ1n) is 8.93. The van der Waals surface area contributed by atoms with E-state index in [9.17, 15) is 9.18 Å². The van der Waals surface area contributed by atoms with Gasteiger partial charge in [0.1, 0.15) is 11.6 Å². The molecule has 1 amide bonds. The van der Waals surface area contributed by atoms with Gasteiger partial charge in [-0.2, -0.15) is 0 Å². The lowest BCUT2D eigenvalue weighted by molar-refractivity contribution is -0.134. The van der Waals surface area contributed by atoms with Crippen molar-refractivity contribution in [2.24, 2.45) is 0 Å². The maximum absolute atomic E-state index is 13.2. The molecule has 0 spiro atoms. The fourth-order valence-electron chi connectivity index (χ4n) is 3.35. The van der Waals surface area contributed by atoms with Crippen LogP contribution in [-0.2, 0) is 11.2 Å². The van der Waals surface area contributed by atoms with Crippen LogP contribution in [0.15, 0.2) is 48.5 Å². The van der Waals surface area contributed by atoms with Gasteiger partial charge in [0.15, 0.2) is 0 Å². The minimum atomic E-state index is -0.236. The number of aryl methyl sites for hydroxylation is 1. The van der Waals surface area contributed by atoms with E-state index in [4.69, 9.17) is 4.74 Å². The summed E-state index contributed by atoms with van der Waals surface area (Å²) in [6.07, 6.45) is 1.21. The van der Waals surface area contributed by atoms with E-state index in [2.05, 4.69) is 4.90 Å². The number of halogens is 1. The Morgan fingerprint density at radius 1 is 1.12 bits per heavy atom. The van der Waals surface area contributed by atoms with E-state index >= 15 is 0 Å². The van der Waals surface area contributed by atoms with E-state index in [0.717, 1.165) is 36.4 Å². The molecule has 138 valence electrons. The summed E-state index contributed by atoms with van der Waals surface area (Å²) in [5.41, 5.74) is 2.17. The van der Waals surface area contributed by atoms with E-state index in [1.807, 2.05) is 48.3 Å². The highest BCUT2D eigenvalue weighted by Gasteiger charge is 2.28. The minimum absolute atomic E-state index is 0.106. The van der Waals surface area contributed by atoms with Gasteiger partial charge >= 0.3 is 0 Å². The normalized spacial score (nSPS) is 18.0. The number of benzene rings is 2. The number of methoxy groups -OCH3 is 1. The second-order valence-electron chi connectivity index (χ2n) is 6.74. The quantitative estimate of drug-likeness (QED) is 0.824. The van der Waals surface area contributed by atoms with Gasteiger partial charge in [0.25, 0.3) is 0 Å². The van der Waals surface area contributed by atoms with Crippen molar-refractivity contribution in [3.8, 4) is 5.75 Å². The van der Waals surface area contributed by atoms with Crippen molar-refractivity contribution < 1.29 is 13.9 Å². The molecule has 1 saturated heterocycles. The van der Waals surface area contributed by atoms with E-state index in [-0.39, 0.29) is 17.8 Å². The fourth-order valence-corrected chi connectivity index (χ4v) is 3.35. The Kier molecular flexibility index (Phi) is 5.89. The molecule has 1 unspecified atom stereocenters. The lowest BCUT2D eigenvalue weighted by Crippen LogP contribution is -2.49. The Morgan fingerprint density at radius 3 is 2.46 bits per heavy atom. The largest absolute Gasteiger partial charge is 0.497 e. The van der Waals surface area contributed by atoms with Gasteiger partial charge in [0.2, 0.25) is 5.91 Å². The molecule has 2 aromatic carbocycles. The number of piperazine rings is 1. The second-order valence-corrected chi connectivity index (χ2v) is 6.74. The standard InChI is InChI=1S/C21H25FN2O2/c1-23-13-14-24(15-20(23)17-6-8-18(22)9-7-17)21(25)12-5-16-3-10-19(26-2)11-4-16/h3-4,6-11,20H,5,12-15H2,1-2H3. The molecule has 1 atom stereocenters. The molecule has 0 radical (unpaired) electrons. The van der Waals surface area contributed by atoms with Gasteiger partial charge in [-0.1, -0.05) is 24.3 Å². The smallest absolute Gasteiger partial charge is 0.223 e. The first kappa shape index (κ1) is 18.4. The number of hydrogen-bond acceptors (Lipinski definition) is 3. The lowest BCUT2D eigenvalue weighted by atomic mass is 10.0. The zero-order chi connectivity index (χ0) is 18.5. The Hall–Kier alpha value is -2.40. The first-order chi connectivity index (χ1) is 12.6. The van der Waals surface area contributed by atoms with Gasteiger partial charge in [-0.25, -0.2) is 4.39 Å². The first-order valence-corrected chi connectivity index (χ1v) is 8.93. The van der Waals surface area contributed by atoms with Gasteiger partial charge in [-0.15, -0.1) is 0 Å². The topological polar surface area (TPSA) is 32.8 Å². The summed E-state index contributed by atoms with van der Waals surface area (Å²) in [4.78, 5) is 16.8. The predicted molar refractivity (Wildman–Crippen MR) is 99.7 cm³/mol. The van der Waals surface area contributed by atoms with Gasteiger partial charge in [-0.05, 0) is 48.9 Å². The highest BCUT2D eigenvalue weighted by Crippen LogP contribution is 2.25. The van der Waals surface area contributed by atoms with Crippen molar-refractivity contribution in [1.82, 2.24) is 9.80 Å². The SMILES string of the molecule is COc1ccc(CCC(=O)N2CCN(C)C(c3ccc(F)cc3)C2)cc1. The number of likely N-dealkylation sites (N-methyl/N-ethyl adjacent to an activating group) is 1. The molecule has 1 heterocycles. The minimum Gasteiger partial charge on any atom is -0.497 e. The van der Waals surface area contributed by atoms with Crippen molar-refractivity contribution in [2.45, 2.75) is 18.9 Å². The van der Waals surface area contributed by atoms with E-state index in [0.29, 0.717) is 13.0 Å². The summed E-state index contributed by atoms with van der Waals surface area (Å²) in [6.45, 7) is 2.19. The van der Waals surface area contributed by atoms with E-state index < -0.39 is 0 Å². The third-order valence-electron chi connectivity index (χ3n) is 5.04. The monoisotopic (exact) mass is 356 g/mol. The van der Waals surface area contributed by atoms with Crippen LogP contribution in [0.25, 0.3) is 0 Å². The Labute approximate surface area is 154 Å². The van der Waals surface area contributed by atoms with Crippen LogP contribution >= 0.6 is 0 Å². The van der Waals surface area contributed by atoms with Crippen molar-refractivity contribution in [1.29, 1.82) is 0 Å². The Bertz CT molecular complexity index is 731. The number of amides is 1. The Balaban J connectivity index is 1.59. The van der Waals surface area contributed by atoms with Crippen LogP contribution in [0.2, 0.25) is 0 Å². The highest BCUT2D eigenvalue weighted by atomic mass is 19.1. The summed E-state index contributed by atoms with van der Waals surface area (Å²) in [7, 11) is 3.69. The number of carbonyl (C=O) groups is 1. The predicted octanol–water partition coefficient (Wildman–Crippen LogP) is 3.28. The van der Waals surface area contributed by atoms with Crippen molar-refractivity contribution in [2.75, 3.05) is 33.8 Å². The lowest BCUT2D eigenvalue weighted by Gasteiger charge is -2.39. The zero-order valence-corrected chi connectivity index (χ0v) is 15.3. The van der Waals surface area contributed by atoms with Gasteiger partial charge in [0.05, 0.1) is 13.2 Å². The van der Waals surface area contributed by atoms with Crippen LogP contribution in [0.5, 0.6) is 5.75 Å². The van der Waals surface area contributed by atoms with Gasteiger partial charge in [0, 0.05) is 26.1 Å². The average molecular weight is 356 g/mol. The number of rotatable bonds is 5. The number of carbonyl (C=O) groups excluding carboxylic acids is 1. The van der Waals surface area contributed by atoms with Crippen LogP contribution in [0.1, 0.15) is 23.6 Å². The molecule has 0 bridgehead atoms. The molecule has 5 heteroatoms. The number of ether oxygens (including phenoxy) is 1. The zero-order valence-electron chi connectivity index (χ0n) is 15.3. The molecule has 1 fully saturated rings. The summed E-state index contributed by atoms with van der Waals surface area (Å²) in [6, 6.07) is 14.5. The van der Waals surface area contributed by atoms with E-state index in [1.165, 1.54) is 12.1 Å². The number of nitrogens with zero attached hydrogens (tertiary/aromatic N) is 2. The second kappa shape index (κ2) is 8.32. The maximum Gasteiger partial charge on any atom is 0.223 e. The molecular formula is C21H25FN2O2. The molecular weight excluding hydrogens is 331 g/mol. The van der Waals surface area contributed by atoms with Crippen LogP contribution in [0.3, 0.4) is 0 Å². The average Bonchev–Trinajstić information content (AvgIpc) is 2.67. The maximum atomic E-state index is 13.2. The molecule has 0 saturated carbocycles. The number of hydrogen-bond donors (Lipinski definition) is 0. The fraction of sp³-hybridized carbons (Fsp3) is 0.381. The molecule has 0 aliphatic carbocycles. The van der Waals surface area contributed by atoms with Crippen molar-refractivity contribution in [3.05, 3.63) is 65.5 Å². The van der Waals surface area contributed by atoms with Gasteiger partial charge < -0.3 is 9.64 Å². The summed E-state index contributed by atoms with van der Waals surface area (Å²) in [5, 5.41) is 0. The molecule has 1 aliphatic rings. The molecule has 0 N–H and O–H groups in total. The molecule has 26 heavy (non-hydrogen) atoms. The van der Waals surface area contributed by atoms with Crippen LogP contribution in [-0.4, -0.2) is 49.5 Å². The Morgan fingerprint density at radius 2 is 1.81 bits per heavy atom. The third kappa shape index (κ3) is 4.41. The van der Waals surface area contributed by atoms with Crippen LogP contribution < -0.4 is 4.74 Å². The van der Waals surface area contributed by atoms with Crippen molar-refractivity contribution in [3.63, 3.8) is 0 Å². The van der Waals surface area contributed by atoms with E-state index in [1.54, 1.807) is 7.11 Å². The van der Waals surface area contributed by atoms with Gasteiger partial charge in [-0.3, -0.25) is 9.69 Å². The van der Waals surface area contributed by atoms with Crippen LogP contribution in [0.4, 0.5) is 4.39 Å². The summed E-state index contributed by atoms with van der Waals surface area (Å²) < 4.78 is 18.3. The molecule has 1 aliphatic heterocycles. The molecule has 0 aromatic heterocycles. The van der Waals surface area contributed by atoms with Crippen molar-refractivity contribution >= 4 is 5.91 Å². The van der Waals surface area contributed by atoms with Crippen LogP contribution in [0, 0.1) is 5.82 Å².